The van der Waals surface area contributed by atoms with Crippen molar-refractivity contribution in [2.75, 3.05) is 0 Å². The zero-order valence-corrected chi connectivity index (χ0v) is 44.2. The van der Waals surface area contributed by atoms with E-state index in [1.165, 1.54) is 44.0 Å². The predicted octanol–water partition coefficient (Wildman–Crippen LogP) is 16.8. The molecule has 0 aliphatic rings. The molecule has 0 radical (unpaired) electrons. The Kier molecular flexibility index (Phi) is 11.6. The summed E-state index contributed by atoms with van der Waals surface area (Å²) in [6.45, 7) is 29.6. The molecule has 3 heterocycles. The van der Waals surface area contributed by atoms with Gasteiger partial charge in [0.1, 0.15) is 0 Å². The first kappa shape index (κ1) is 47.0. The Hall–Kier alpha value is -6.09. The molecule has 0 aliphatic heterocycles. The summed E-state index contributed by atoms with van der Waals surface area (Å²) < 4.78 is 2.36. The first-order valence-corrected chi connectivity index (χ1v) is 23.8. The average Bonchev–Trinajstić information content (AvgIpc) is 3.86. The van der Waals surface area contributed by atoms with Crippen LogP contribution in [0.1, 0.15) is 111 Å². The van der Waals surface area contributed by atoms with Crippen molar-refractivity contribution in [3.8, 4) is 50.5 Å². The van der Waals surface area contributed by atoms with E-state index < -0.39 is 0 Å². The Bertz CT molecular complexity index is 3540. The van der Waals surface area contributed by atoms with Crippen molar-refractivity contribution >= 4 is 43.7 Å². The van der Waals surface area contributed by atoms with Crippen LogP contribution < -0.4 is 4.98 Å². The van der Waals surface area contributed by atoms with Gasteiger partial charge < -0.3 is 9.55 Å². The number of fused-ring (bicyclic) bond motifs is 5. The van der Waals surface area contributed by atoms with Crippen LogP contribution in [0.25, 0.3) is 94.2 Å². The molecular weight excluding hydrogens is 1010 g/mol. The van der Waals surface area contributed by atoms with Crippen LogP contribution in [0.5, 0.6) is 0 Å². The van der Waals surface area contributed by atoms with Gasteiger partial charge in [0.2, 0.25) is 0 Å². The van der Waals surface area contributed by atoms with Gasteiger partial charge in [0.15, 0.2) is 0 Å². The van der Waals surface area contributed by atoms with Crippen molar-refractivity contribution in [1.29, 1.82) is 0 Å². The van der Waals surface area contributed by atoms with Gasteiger partial charge in [0, 0.05) is 23.0 Å². The van der Waals surface area contributed by atoms with Crippen LogP contribution in [0, 0.1) is 13.0 Å². The molecule has 3 aromatic heterocycles. The van der Waals surface area contributed by atoms with Gasteiger partial charge in [-0.25, -0.2) is 0 Å². The molecule has 0 aliphatic carbocycles. The van der Waals surface area contributed by atoms with Crippen molar-refractivity contribution in [1.82, 2.24) is 19.5 Å². The van der Waals surface area contributed by atoms with E-state index >= 15 is 0 Å². The molecule has 10 rings (SSSR count). The smallest absolute Gasteiger partial charge is 0.656 e. The average molecular weight is 1070 g/mol. The van der Waals surface area contributed by atoms with Crippen LogP contribution in [0.15, 0.2) is 140 Å². The third kappa shape index (κ3) is 8.44. The number of nitrogens with zero attached hydrogens (tertiary/aromatic N) is 4. The van der Waals surface area contributed by atoms with E-state index in [-0.39, 0.29) is 42.7 Å². The van der Waals surface area contributed by atoms with Crippen LogP contribution in [0.2, 0.25) is 0 Å². The minimum atomic E-state index is -0.124. The van der Waals surface area contributed by atoms with Gasteiger partial charge in [-0.3, -0.25) is 9.97 Å². The monoisotopic (exact) mass is 1070 g/mol. The maximum absolute atomic E-state index is 5.80. The zero-order valence-electron chi connectivity index (χ0n) is 41.9. The summed E-state index contributed by atoms with van der Waals surface area (Å²) in [6.07, 6.45) is 1.92. The Labute approximate surface area is 417 Å². The Morgan fingerprint density at radius 2 is 1.09 bits per heavy atom. The molecule has 0 fully saturated rings. The molecule has 68 heavy (non-hydrogen) atoms. The van der Waals surface area contributed by atoms with E-state index in [4.69, 9.17) is 15.0 Å². The first-order valence-electron chi connectivity index (χ1n) is 23.8. The van der Waals surface area contributed by atoms with E-state index in [0.717, 1.165) is 78.0 Å². The van der Waals surface area contributed by atoms with Crippen LogP contribution in [-0.2, 0) is 42.7 Å². The fourth-order valence-corrected chi connectivity index (χ4v) is 9.55. The van der Waals surface area contributed by atoms with Crippen LogP contribution in [-0.4, -0.2) is 14.5 Å². The molecule has 4 nitrogen and oxygen atoms in total. The van der Waals surface area contributed by atoms with Crippen molar-refractivity contribution in [2.24, 2.45) is 0 Å². The summed E-state index contributed by atoms with van der Waals surface area (Å²) in [4.78, 5) is 16.3. The zero-order chi connectivity index (χ0) is 47.4. The second-order valence-electron chi connectivity index (χ2n) is 22.9. The van der Waals surface area contributed by atoms with Crippen molar-refractivity contribution in [3.63, 3.8) is 0 Å². The number of benzene rings is 7. The van der Waals surface area contributed by atoms with Crippen LogP contribution in [0.3, 0.4) is 0 Å². The molecule has 0 saturated carbocycles. The van der Waals surface area contributed by atoms with E-state index in [0.29, 0.717) is 0 Å². The summed E-state index contributed by atoms with van der Waals surface area (Å²) in [7, 11) is 0. The number of aryl methyl sites for hydroxylation is 1. The van der Waals surface area contributed by atoms with Gasteiger partial charge in [-0.2, -0.15) is 0 Å². The van der Waals surface area contributed by atoms with Gasteiger partial charge in [-0.15, -0.1) is 40.9 Å². The van der Waals surface area contributed by atoms with Crippen molar-refractivity contribution in [2.45, 2.75) is 112 Å². The van der Waals surface area contributed by atoms with E-state index in [1.807, 2.05) is 6.20 Å². The summed E-state index contributed by atoms with van der Waals surface area (Å²) in [5.41, 5.74) is 19.5. The maximum Gasteiger partial charge on any atom is 2.00 e. The number of hydrogen-bond donors (Lipinski definition) is 0. The molecule has 0 bridgehead atoms. The standard InChI is InChI=1S/C63H62N4.Pt/c1-38-28-29-64-56-48(38)34-45(62(8,9)10)35-49(56)40-20-17-21-41(30-40)59-66-58-51(53-37-46(63(11,12)13)36-52-50-33-44(61(5,6)7)24-27-54(50)65-57(52)53)31-42(39-18-15-14-16-19-39)32-55(58)67(59)47-25-22-43(23-26-47)60(2,3)4;/h14-29,31-37H,1-13H3;/q-2;+2. The number of pyridine rings is 1. The van der Waals surface area contributed by atoms with Gasteiger partial charge in [0.05, 0.1) is 16.9 Å². The molecule has 0 unspecified atom stereocenters. The Morgan fingerprint density at radius 3 is 1.75 bits per heavy atom. The third-order valence-corrected chi connectivity index (χ3v) is 13.8. The molecule has 0 saturated heterocycles. The molecule has 5 heteroatoms. The number of hydrogen-bond acceptors (Lipinski definition) is 2. The third-order valence-electron chi connectivity index (χ3n) is 13.8. The van der Waals surface area contributed by atoms with Crippen molar-refractivity contribution in [3.05, 3.63) is 174 Å². The molecule has 0 amide bonds. The Morgan fingerprint density at radius 1 is 0.485 bits per heavy atom. The molecule has 0 spiro atoms. The fourth-order valence-electron chi connectivity index (χ4n) is 9.55. The number of imidazole rings is 1. The molecule has 0 atom stereocenters. The summed E-state index contributed by atoms with van der Waals surface area (Å²) in [5, 5.41) is 3.53. The predicted molar refractivity (Wildman–Crippen MR) is 285 cm³/mol. The number of rotatable bonds is 5. The van der Waals surface area contributed by atoms with Gasteiger partial charge in [0.25, 0.3) is 0 Å². The van der Waals surface area contributed by atoms with Gasteiger partial charge in [-0.1, -0.05) is 179 Å². The minimum Gasteiger partial charge on any atom is -0.656 e. The second kappa shape index (κ2) is 16.8. The largest absolute Gasteiger partial charge is 2.00 e. The van der Waals surface area contributed by atoms with Gasteiger partial charge in [-0.05, 0) is 120 Å². The van der Waals surface area contributed by atoms with Crippen LogP contribution >= 0.6 is 0 Å². The topological polar surface area (TPSA) is 44.8 Å². The van der Waals surface area contributed by atoms with E-state index in [9.17, 15) is 0 Å². The molecule has 0 N–H and O–H groups in total. The fraction of sp³-hybridized carbons (Fsp3) is 0.270. The first-order chi connectivity index (χ1) is 31.6. The van der Waals surface area contributed by atoms with Gasteiger partial charge >= 0.3 is 21.1 Å². The minimum absolute atomic E-state index is 0. The summed E-state index contributed by atoms with van der Waals surface area (Å²) in [6, 6.07) is 53.2. The normalized spacial score (nSPS) is 12.7. The van der Waals surface area contributed by atoms with Crippen LogP contribution in [0.4, 0.5) is 0 Å². The van der Waals surface area contributed by atoms with Crippen molar-refractivity contribution < 1.29 is 21.1 Å². The molecular formula is C63H62N4Pt. The molecule has 344 valence electrons. The molecule has 10 aromatic rings. The van der Waals surface area contributed by atoms with E-state index in [1.54, 1.807) is 0 Å². The molecule has 7 aromatic carbocycles. The summed E-state index contributed by atoms with van der Waals surface area (Å²) >= 11 is 0. The second-order valence-corrected chi connectivity index (χ2v) is 22.9. The Balaban J connectivity index is 0.00000578. The summed E-state index contributed by atoms with van der Waals surface area (Å²) in [5.74, 6) is 0.825. The quantitative estimate of drug-likeness (QED) is 0.161. The van der Waals surface area contributed by atoms with E-state index in [2.05, 4.69) is 234 Å². The SMILES string of the molecule is Cc1ccnc2c(-c3[c-]c(-c4nc5c(-c6cc(C(C)(C)C)cc7c6[n-]c6ccc(C(C)(C)C)cc67)cc(-c6ccccc6)cc5n4-c4ccc(C(C)(C)C)cc4)ccc3)cc(C(C)(C)C)cc12.[Pt+2]. The number of aromatic nitrogens is 4. The maximum atomic E-state index is 5.80.